The molecule has 0 bridgehead atoms. The lowest BCUT2D eigenvalue weighted by atomic mass is 9.89. The quantitative estimate of drug-likeness (QED) is 0.191. The molecular formula is C33H30N4O5S. The van der Waals surface area contributed by atoms with Crippen LogP contribution in [0.25, 0.3) is 11.1 Å². The SMILES string of the molecule is Cc1cccc(C)c1Nc1nc2ccc(CC(=O)Nc3ccc(C4CN(C(=O)c5cccs5)CC4C(=O)O)cc3)cc2o1. The third-order valence-electron chi connectivity index (χ3n) is 7.81. The highest BCUT2D eigenvalue weighted by Crippen LogP contribution is 2.35. The molecule has 0 aliphatic carbocycles. The van der Waals surface area contributed by atoms with Crippen molar-refractivity contribution in [1.82, 2.24) is 9.88 Å². The second-order valence-electron chi connectivity index (χ2n) is 10.8. The van der Waals surface area contributed by atoms with E-state index >= 15 is 0 Å². The first kappa shape index (κ1) is 28.2. The van der Waals surface area contributed by atoms with Crippen LogP contribution < -0.4 is 10.6 Å². The van der Waals surface area contributed by atoms with Gasteiger partial charge in [0.2, 0.25) is 5.91 Å². The smallest absolute Gasteiger partial charge is 0.308 e. The van der Waals surface area contributed by atoms with Gasteiger partial charge in [-0.3, -0.25) is 14.4 Å². The summed E-state index contributed by atoms with van der Waals surface area (Å²) in [5.74, 6) is -2.32. The normalized spacial score (nSPS) is 16.4. The zero-order chi connectivity index (χ0) is 30.1. The van der Waals surface area contributed by atoms with Crippen molar-refractivity contribution in [2.75, 3.05) is 23.7 Å². The van der Waals surface area contributed by atoms with Crippen LogP contribution in [-0.2, 0) is 16.0 Å². The molecule has 10 heteroatoms. The summed E-state index contributed by atoms with van der Waals surface area (Å²) < 4.78 is 5.93. The minimum atomic E-state index is -0.930. The number of benzene rings is 3. The highest BCUT2D eigenvalue weighted by atomic mass is 32.1. The summed E-state index contributed by atoms with van der Waals surface area (Å²) >= 11 is 1.35. The molecule has 2 amide bonds. The number of nitrogens with zero attached hydrogens (tertiary/aromatic N) is 2. The van der Waals surface area contributed by atoms with Crippen LogP contribution in [0.3, 0.4) is 0 Å². The zero-order valence-corrected chi connectivity index (χ0v) is 24.5. The molecule has 1 saturated heterocycles. The Morgan fingerprint density at radius 3 is 2.47 bits per heavy atom. The minimum absolute atomic E-state index is 0.140. The molecular weight excluding hydrogens is 564 g/mol. The number of anilines is 3. The molecule has 6 rings (SSSR count). The number of aryl methyl sites for hydroxylation is 2. The Morgan fingerprint density at radius 2 is 1.77 bits per heavy atom. The number of carboxylic acids is 1. The maximum Gasteiger partial charge on any atom is 0.308 e. The number of rotatable bonds is 8. The number of amides is 2. The fourth-order valence-corrected chi connectivity index (χ4v) is 6.26. The Morgan fingerprint density at radius 1 is 1.00 bits per heavy atom. The molecule has 5 aromatic rings. The predicted molar refractivity (Wildman–Crippen MR) is 166 cm³/mol. The first-order valence-corrected chi connectivity index (χ1v) is 14.8. The van der Waals surface area contributed by atoms with Gasteiger partial charge in [0.1, 0.15) is 5.52 Å². The molecule has 0 saturated carbocycles. The number of nitrogens with one attached hydrogen (secondary N) is 2. The first-order chi connectivity index (χ1) is 20.7. The van der Waals surface area contributed by atoms with E-state index in [1.54, 1.807) is 23.1 Å². The van der Waals surface area contributed by atoms with Gasteiger partial charge in [-0.2, -0.15) is 4.98 Å². The molecule has 2 atom stereocenters. The van der Waals surface area contributed by atoms with Gasteiger partial charge in [-0.05, 0) is 71.8 Å². The second kappa shape index (κ2) is 11.7. The third kappa shape index (κ3) is 6.00. The Labute approximate surface area is 252 Å². The molecule has 1 aliphatic heterocycles. The summed E-state index contributed by atoms with van der Waals surface area (Å²) in [6, 6.07) is 22.7. The van der Waals surface area contributed by atoms with E-state index in [1.165, 1.54) is 11.3 Å². The van der Waals surface area contributed by atoms with Gasteiger partial charge < -0.3 is 25.1 Å². The average Bonchev–Trinajstić information content (AvgIpc) is 3.75. The number of fused-ring (bicyclic) bond motifs is 1. The van der Waals surface area contributed by atoms with Crippen LogP contribution in [0.2, 0.25) is 0 Å². The van der Waals surface area contributed by atoms with Crippen molar-refractivity contribution in [3.8, 4) is 0 Å². The van der Waals surface area contributed by atoms with Gasteiger partial charge in [0.15, 0.2) is 5.58 Å². The van der Waals surface area contributed by atoms with Crippen molar-refractivity contribution in [2.45, 2.75) is 26.2 Å². The molecule has 0 radical (unpaired) electrons. The van der Waals surface area contributed by atoms with Crippen molar-refractivity contribution < 1.29 is 23.9 Å². The van der Waals surface area contributed by atoms with Crippen molar-refractivity contribution in [2.24, 2.45) is 5.92 Å². The van der Waals surface area contributed by atoms with E-state index in [-0.39, 0.29) is 30.7 Å². The molecule has 2 aromatic heterocycles. The standard InChI is InChI=1S/C33H30N4O5S/c1-19-5-3-6-20(2)30(19)36-33-35-26-13-8-21(15-27(26)42-33)16-29(38)34-23-11-9-22(10-12-23)24-17-37(18-25(24)32(40)41)31(39)28-7-4-14-43-28/h3-15,24-25H,16-18H2,1-2H3,(H,34,38)(H,35,36)(H,40,41). The van der Waals surface area contributed by atoms with Crippen LogP contribution in [0.1, 0.15) is 37.8 Å². The van der Waals surface area contributed by atoms with Crippen molar-refractivity contribution >= 4 is 57.6 Å². The van der Waals surface area contributed by atoms with Crippen molar-refractivity contribution in [1.29, 1.82) is 0 Å². The van der Waals surface area contributed by atoms with Crippen LogP contribution in [0.5, 0.6) is 0 Å². The molecule has 3 N–H and O–H groups in total. The largest absolute Gasteiger partial charge is 0.481 e. The maximum atomic E-state index is 12.9. The number of para-hydroxylation sites is 1. The van der Waals surface area contributed by atoms with E-state index in [1.807, 2.05) is 73.8 Å². The summed E-state index contributed by atoms with van der Waals surface area (Å²) in [4.78, 5) is 44.4. The number of carbonyl (C=O) groups is 3. The minimum Gasteiger partial charge on any atom is -0.481 e. The van der Waals surface area contributed by atoms with Gasteiger partial charge in [0.05, 0.1) is 17.2 Å². The lowest BCUT2D eigenvalue weighted by Gasteiger charge is -2.16. The van der Waals surface area contributed by atoms with Gasteiger partial charge in [-0.1, -0.05) is 42.5 Å². The number of oxazole rings is 1. The Kier molecular flexibility index (Phi) is 7.69. The molecule has 3 heterocycles. The van der Waals surface area contributed by atoms with E-state index in [2.05, 4.69) is 15.6 Å². The molecule has 2 unspecified atom stereocenters. The highest BCUT2D eigenvalue weighted by Gasteiger charge is 2.40. The maximum absolute atomic E-state index is 12.9. The van der Waals surface area contributed by atoms with Crippen LogP contribution in [0.15, 0.2) is 82.6 Å². The molecule has 3 aromatic carbocycles. The van der Waals surface area contributed by atoms with Crippen LogP contribution in [0.4, 0.5) is 17.4 Å². The lowest BCUT2D eigenvalue weighted by Crippen LogP contribution is -2.29. The average molecular weight is 595 g/mol. The van der Waals surface area contributed by atoms with Crippen molar-refractivity contribution in [3.05, 3.63) is 105 Å². The van der Waals surface area contributed by atoms with E-state index < -0.39 is 11.9 Å². The Balaban J connectivity index is 1.09. The highest BCUT2D eigenvalue weighted by molar-refractivity contribution is 7.12. The van der Waals surface area contributed by atoms with Gasteiger partial charge >= 0.3 is 5.97 Å². The van der Waals surface area contributed by atoms with E-state index in [9.17, 15) is 19.5 Å². The summed E-state index contributed by atoms with van der Waals surface area (Å²) in [6.07, 6.45) is 0.140. The third-order valence-corrected chi connectivity index (χ3v) is 8.67. The first-order valence-electron chi connectivity index (χ1n) is 13.9. The summed E-state index contributed by atoms with van der Waals surface area (Å²) in [5.41, 5.74) is 6.60. The number of aromatic nitrogens is 1. The molecule has 218 valence electrons. The van der Waals surface area contributed by atoms with Crippen LogP contribution >= 0.6 is 11.3 Å². The summed E-state index contributed by atoms with van der Waals surface area (Å²) in [5, 5.41) is 17.8. The van der Waals surface area contributed by atoms with E-state index in [0.29, 0.717) is 34.2 Å². The molecule has 1 fully saturated rings. The number of carboxylic acid groups (broad SMARTS) is 1. The Hall–Kier alpha value is -4.96. The summed E-state index contributed by atoms with van der Waals surface area (Å²) in [7, 11) is 0. The second-order valence-corrected chi connectivity index (χ2v) is 11.7. The molecule has 0 spiro atoms. The van der Waals surface area contributed by atoms with E-state index in [0.717, 1.165) is 27.9 Å². The van der Waals surface area contributed by atoms with Gasteiger partial charge in [0.25, 0.3) is 11.9 Å². The molecule has 9 nitrogen and oxygen atoms in total. The monoisotopic (exact) mass is 594 g/mol. The molecule has 1 aliphatic rings. The van der Waals surface area contributed by atoms with Crippen molar-refractivity contribution in [3.63, 3.8) is 0 Å². The number of aliphatic carboxylic acids is 1. The lowest BCUT2D eigenvalue weighted by molar-refractivity contribution is -0.141. The zero-order valence-electron chi connectivity index (χ0n) is 23.7. The Bertz CT molecular complexity index is 1790. The summed E-state index contributed by atoms with van der Waals surface area (Å²) in [6.45, 7) is 4.53. The molecule has 43 heavy (non-hydrogen) atoms. The number of hydrogen-bond donors (Lipinski definition) is 3. The van der Waals surface area contributed by atoms with Gasteiger partial charge in [-0.15, -0.1) is 11.3 Å². The fourth-order valence-electron chi connectivity index (χ4n) is 5.57. The van der Waals surface area contributed by atoms with E-state index in [4.69, 9.17) is 4.42 Å². The predicted octanol–water partition coefficient (Wildman–Crippen LogP) is 6.37. The van der Waals surface area contributed by atoms with Gasteiger partial charge in [0, 0.05) is 30.4 Å². The van der Waals surface area contributed by atoms with Gasteiger partial charge in [-0.25, -0.2) is 0 Å². The van der Waals surface area contributed by atoms with Crippen LogP contribution in [0, 0.1) is 19.8 Å². The number of hydrogen-bond acceptors (Lipinski definition) is 7. The fraction of sp³-hybridized carbons (Fsp3) is 0.212. The number of carbonyl (C=O) groups excluding carboxylic acids is 2. The number of likely N-dealkylation sites (tertiary alicyclic amines) is 1. The topological polar surface area (TPSA) is 125 Å². The number of thiophene rings is 1. The van der Waals surface area contributed by atoms with Crippen LogP contribution in [-0.4, -0.2) is 45.9 Å².